The van der Waals surface area contributed by atoms with Crippen molar-refractivity contribution in [3.05, 3.63) is 0 Å². The largest absolute Gasteiger partial charge is 0.444 e. The maximum atomic E-state index is 12.3. The third-order valence-electron chi connectivity index (χ3n) is 6.62. The number of likely N-dealkylation sites (tertiary alicyclic amines) is 1. The van der Waals surface area contributed by atoms with Gasteiger partial charge in [0.05, 0.1) is 5.41 Å². The van der Waals surface area contributed by atoms with Crippen LogP contribution < -0.4 is 5.73 Å². The molecule has 0 atom stereocenters. The quantitative estimate of drug-likeness (QED) is 0.350. The van der Waals surface area contributed by atoms with Crippen molar-refractivity contribution in [2.24, 2.45) is 33.6 Å². The fourth-order valence-corrected chi connectivity index (χ4v) is 4.55. The lowest BCUT2D eigenvalue weighted by molar-refractivity contribution is -0.191. The zero-order valence-electron chi connectivity index (χ0n) is 17.2. The minimum atomic E-state index is -0.514. The zero-order chi connectivity index (χ0) is 20.0. The smallest absolute Gasteiger partial charge is 0.410 e. The maximum Gasteiger partial charge on any atom is 0.410 e. The molecule has 27 heavy (non-hydrogen) atoms. The molecule has 152 valence electrons. The molecule has 0 aromatic rings. The number of rotatable bonds is 4. The molecule has 2 bridgehead atoms. The van der Waals surface area contributed by atoms with E-state index in [4.69, 9.17) is 15.3 Å². The molecule has 4 fully saturated rings. The van der Waals surface area contributed by atoms with Gasteiger partial charge in [0.15, 0.2) is 0 Å². The molecular formula is C20H33N3O4. The highest BCUT2D eigenvalue weighted by Crippen LogP contribution is 2.64. The standard InChI is InChI=1S/C20H33N3O4/c1-13(2)20(6-8-23(9-7-20)17(25)26-18(3,4)5)15(21)22-27-16(24)19-10-14(11-19)12-19/h13-14H,6-12H2,1-5H3,(H2,21,22). The Morgan fingerprint density at radius 1 is 1.15 bits per heavy atom. The van der Waals surface area contributed by atoms with Gasteiger partial charge in [0.1, 0.15) is 11.4 Å². The lowest BCUT2D eigenvalue weighted by Gasteiger charge is -2.58. The van der Waals surface area contributed by atoms with E-state index >= 15 is 0 Å². The highest BCUT2D eigenvalue weighted by Gasteiger charge is 2.63. The van der Waals surface area contributed by atoms with Crippen LogP contribution in [0.15, 0.2) is 5.16 Å². The van der Waals surface area contributed by atoms with Gasteiger partial charge in [0.2, 0.25) is 0 Å². The summed E-state index contributed by atoms with van der Waals surface area (Å²) < 4.78 is 5.46. The Morgan fingerprint density at radius 3 is 2.11 bits per heavy atom. The summed E-state index contributed by atoms with van der Waals surface area (Å²) in [5.41, 5.74) is 5.14. The third kappa shape index (κ3) is 3.65. The maximum absolute atomic E-state index is 12.3. The van der Waals surface area contributed by atoms with Gasteiger partial charge in [0, 0.05) is 18.5 Å². The number of piperidine rings is 1. The van der Waals surface area contributed by atoms with E-state index in [0.717, 1.165) is 19.3 Å². The van der Waals surface area contributed by atoms with Crippen LogP contribution in [0.25, 0.3) is 0 Å². The second kappa shape index (κ2) is 6.67. The van der Waals surface area contributed by atoms with Gasteiger partial charge in [-0.15, -0.1) is 0 Å². The van der Waals surface area contributed by atoms with E-state index in [2.05, 4.69) is 19.0 Å². The third-order valence-corrected chi connectivity index (χ3v) is 6.62. The van der Waals surface area contributed by atoms with E-state index in [9.17, 15) is 9.59 Å². The van der Waals surface area contributed by atoms with Crippen molar-refractivity contribution in [3.8, 4) is 0 Å². The van der Waals surface area contributed by atoms with Crippen molar-refractivity contribution < 1.29 is 19.2 Å². The van der Waals surface area contributed by atoms with Crippen molar-refractivity contribution >= 4 is 17.9 Å². The average molecular weight is 380 g/mol. The van der Waals surface area contributed by atoms with Gasteiger partial charge in [-0.05, 0) is 64.7 Å². The van der Waals surface area contributed by atoms with Crippen LogP contribution in [0.2, 0.25) is 0 Å². The van der Waals surface area contributed by atoms with Gasteiger partial charge >= 0.3 is 12.1 Å². The number of oxime groups is 1. The van der Waals surface area contributed by atoms with Gasteiger partial charge in [-0.1, -0.05) is 19.0 Å². The Hall–Kier alpha value is -1.79. The molecule has 0 aromatic heterocycles. The van der Waals surface area contributed by atoms with E-state index in [1.54, 1.807) is 4.90 Å². The molecule has 1 amide bonds. The van der Waals surface area contributed by atoms with Crippen molar-refractivity contribution in [2.75, 3.05) is 13.1 Å². The summed E-state index contributed by atoms with van der Waals surface area (Å²) in [6.45, 7) is 10.9. The van der Waals surface area contributed by atoms with Crippen LogP contribution >= 0.6 is 0 Å². The molecular weight excluding hydrogens is 346 g/mol. The predicted octanol–water partition coefficient (Wildman–Crippen LogP) is 3.28. The Balaban J connectivity index is 1.62. The van der Waals surface area contributed by atoms with Crippen LogP contribution in [0.3, 0.4) is 0 Å². The van der Waals surface area contributed by atoms with Crippen LogP contribution in [0.1, 0.15) is 66.7 Å². The fourth-order valence-electron chi connectivity index (χ4n) is 4.55. The van der Waals surface area contributed by atoms with Gasteiger partial charge in [0.25, 0.3) is 0 Å². The predicted molar refractivity (Wildman–Crippen MR) is 102 cm³/mol. The number of carbonyl (C=O) groups excluding carboxylic acids is 2. The first-order chi connectivity index (χ1) is 12.5. The Bertz CT molecular complexity index is 625. The number of nitrogens with two attached hydrogens (primary N) is 1. The summed E-state index contributed by atoms with van der Waals surface area (Å²) in [4.78, 5) is 31.5. The van der Waals surface area contributed by atoms with E-state index in [1.807, 2.05) is 20.8 Å². The van der Waals surface area contributed by atoms with Crippen LogP contribution in [0.5, 0.6) is 0 Å². The van der Waals surface area contributed by atoms with Gasteiger partial charge in [-0.2, -0.15) is 0 Å². The van der Waals surface area contributed by atoms with Crippen LogP contribution in [0.4, 0.5) is 4.79 Å². The van der Waals surface area contributed by atoms with Crippen LogP contribution in [-0.2, 0) is 14.4 Å². The molecule has 0 radical (unpaired) electrons. The lowest BCUT2D eigenvalue weighted by Crippen LogP contribution is -2.57. The molecule has 2 N–H and O–H groups in total. The second-order valence-corrected chi connectivity index (χ2v) is 9.89. The van der Waals surface area contributed by atoms with Gasteiger partial charge < -0.3 is 20.2 Å². The Morgan fingerprint density at radius 2 is 1.70 bits per heavy atom. The molecule has 1 aliphatic heterocycles. The molecule has 4 rings (SSSR count). The number of hydrogen-bond acceptors (Lipinski definition) is 5. The fraction of sp³-hybridized carbons (Fsp3) is 0.850. The molecule has 0 aromatic carbocycles. The van der Waals surface area contributed by atoms with Crippen molar-refractivity contribution in [1.82, 2.24) is 4.90 Å². The first-order valence-corrected chi connectivity index (χ1v) is 10.0. The number of ether oxygens (including phenoxy) is 1. The summed E-state index contributed by atoms with van der Waals surface area (Å²) >= 11 is 0. The van der Waals surface area contributed by atoms with Gasteiger partial charge in [-0.3, -0.25) is 0 Å². The molecule has 0 unspecified atom stereocenters. The Kier molecular flexibility index (Phi) is 4.93. The highest BCUT2D eigenvalue weighted by atomic mass is 16.7. The summed E-state index contributed by atoms with van der Waals surface area (Å²) in [6, 6.07) is 0. The summed E-state index contributed by atoms with van der Waals surface area (Å²) in [5.74, 6) is 1.05. The molecule has 7 heteroatoms. The molecule has 7 nitrogen and oxygen atoms in total. The van der Waals surface area contributed by atoms with Crippen LogP contribution in [-0.4, -0.2) is 41.5 Å². The highest BCUT2D eigenvalue weighted by molar-refractivity contribution is 5.88. The van der Waals surface area contributed by atoms with Gasteiger partial charge in [-0.25, -0.2) is 9.59 Å². The minimum Gasteiger partial charge on any atom is -0.444 e. The monoisotopic (exact) mass is 379 g/mol. The molecule has 1 saturated heterocycles. The molecule has 0 spiro atoms. The summed E-state index contributed by atoms with van der Waals surface area (Å²) in [5, 5.41) is 4.05. The number of carbonyl (C=O) groups is 2. The van der Waals surface area contributed by atoms with Crippen molar-refractivity contribution in [1.29, 1.82) is 0 Å². The molecule has 4 aliphatic rings. The molecule has 3 saturated carbocycles. The van der Waals surface area contributed by atoms with Crippen molar-refractivity contribution in [3.63, 3.8) is 0 Å². The summed E-state index contributed by atoms with van der Waals surface area (Å²) in [7, 11) is 0. The van der Waals surface area contributed by atoms with E-state index in [0.29, 0.717) is 37.7 Å². The first kappa shape index (κ1) is 20.0. The van der Waals surface area contributed by atoms with E-state index in [-0.39, 0.29) is 28.8 Å². The molecule has 1 heterocycles. The zero-order valence-corrected chi connectivity index (χ0v) is 17.2. The normalized spacial score (nSPS) is 29.6. The number of nitrogens with zero attached hydrogens (tertiary/aromatic N) is 2. The average Bonchev–Trinajstić information content (AvgIpc) is 2.47. The van der Waals surface area contributed by atoms with E-state index < -0.39 is 5.60 Å². The van der Waals surface area contributed by atoms with E-state index in [1.165, 1.54) is 0 Å². The van der Waals surface area contributed by atoms with Crippen molar-refractivity contribution in [2.45, 2.75) is 72.3 Å². The second-order valence-electron chi connectivity index (χ2n) is 9.89. The number of amidine groups is 1. The first-order valence-electron chi connectivity index (χ1n) is 10.0. The topological polar surface area (TPSA) is 94.2 Å². The lowest BCUT2D eigenvalue weighted by atomic mass is 9.44. The Labute approximate surface area is 161 Å². The number of amides is 1. The summed E-state index contributed by atoms with van der Waals surface area (Å²) in [6.07, 6.45) is 3.84. The van der Waals surface area contributed by atoms with Crippen LogP contribution in [0, 0.1) is 22.7 Å². The number of hydrogen-bond donors (Lipinski definition) is 1. The molecule has 3 aliphatic carbocycles. The minimum absolute atomic E-state index is 0.218. The SMILES string of the molecule is CC(C)C1(/C(N)=N/OC(=O)C23CC(C2)C3)CCN(C(=O)OC(C)(C)C)CC1.